The third kappa shape index (κ3) is 7.34. The van der Waals surface area contributed by atoms with Crippen molar-refractivity contribution in [2.24, 2.45) is 5.73 Å². The summed E-state index contributed by atoms with van der Waals surface area (Å²) in [7, 11) is 0. The van der Waals surface area contributed by atoms with Crippen LogP contribution in [0.3, 0.4) is 0 Å². The van der Waals surface area contributed by atoms with Crippen molar-refractivity contribution in [2.75, 3.05) is 0 Å². The van der Waals surface area contributed by atoms with Crippen molar-refractivity contribution >= 4 is 0 Å². The second-order valence-corrected chi connectivity index (χ2v) is 2.67. The fraction of sp³-hybridized carbons (Fsp3) is 0.600. The van der Waals surface area contributed by atoms with Gasteiger partial charge in [-0.3, -0.25) is 0 Å². The molecular formula is C10H19N. The summed E-state index contributed by atoms with van der Waals surface area (Å²) in [6.07, 6.45) is 11.5. The summed E-state index contributed by atoms with van der Waals surface area (Å²) in [5.74, 6) is 0. The highest BCUT2D eigenvalue weighted by Gasteiger charge is 1.91. The van der Waals surface area contributed by atoms with Gasteiger partial charge in [-0.05, 0) is 19.3 Å². The first kappa shape index (κ1) is 10.4. The molecule has 0 aromatic carbocycles. The Balaban J connectivity index is 3.36. The van der Waals surface area contributed by atoms with Crippen LogP contribution in [-0.4, -0.2) is 6.04 Å². The van der Waals surface area contributed by atoms with Crippen molar-refractivity contribution in [1.29, 1.82) is 0 Å². The molecule has 0 aromatic heterocycles. The van der Waals surface area contributed by atoms with Crippen molar-refractivity contribution in [3.8, 4) is 0 Å². The minimum atomic E-state index is 0.335. The number of hydrogen-bond donors (Lipinski definition) is 1. The van der Waals surface area contributed by atoms with Crippen LogP contribution in [0.5, 0.6) is 0 Å². The number of hydrogen-bond acceptors (Lipinski definition) is 1. The van der Waals surface area contributed by atoms with Crippen LogP contribution in [0.1, 0.15) is 33.1 Å². The van der Waals surface area contributed by atoms with Crippen LogP contribution in [0.15, 0.2) is 24.3 Å². The first-order valence-corrected chi connectivity index (χ1v) is 4.38. The third-order valence-corrected chi connectivity index (χ3v) is 1.58. The summed E-state index contributed by atoms with van der Waals surface area (Å²) in [4.78, 5) is 0. The van der Waals surface area contributed by atoms with Gasteiger partial charge in [-0.25, -0.2) is 0 Å². The van der Waals surface area contributed by atoms with Gasteiger partial charge in [-0.2, -0.15) is 0 Å². The molecule has 11 heavy (non-hydrogen) atoms. The molecule has 0 amide bonds. The average Bonchev–Trinajstić information content (AvgIpc) is 2.04. The molecule has 1 unspecified atom stereocenters. The molecule has 2 N–H and O–H groups in total. The van der Waals surface area contributed by atoms with E-state index >= 15 is 0 Å². The van der Waals surface area contributed by atoms with Crippen molar-refractivity contribution < 1.29 is 0 Å². The van der Waals surface area contributed by atoms with E-state index < -0.39 is 0 Å². The van der Waals surface area contributed by atoms with Crippen LogP contribution in [0, 0.1) is 0 Å². The van der Waals surface area contributed by atoms with Crippen LogP contribution in [0.4, 0.5) is 0 Å². The summed E-state index contributed by atoms with van der Waals surface area (Å²) >= 11 is 0. The van der Waals surface area contributed by atoms with Crippen LogP contribution in [0.25, 0.3) is 0 Å². The van der Waals surface area contributed by atoms with Crippen LogP contribution in [-0.2, 0) is 0 Å². The molecule has 0 heterocycles. The maximum absolute atomic E-state index is 5.71. The Morgan fingerprint density at radius 2 is 1.82 bits per heavy atom. The first-order valence-electron chi connectivity index (χ1n) is 4.38. The summed E-state index contributed by atoms with van der Waals surface area (Å²) < 4.78 is 0. The molecule has 0 aliphatic heterocycles. The maximum atomic E-state index is 5.71. The van der Waals surface area contributed by atoms with E-state index in [-0.39, 0.29) is 0 Å². The molecule has 0 bridgehead atoms. The minimum absolute atomic E-state index is 0.335. The van der Waals surface area contributed by atoms with Gasteiger partial charge in [0, 0.05) is 6.04 Å². The molecule has 0 radical (unpaired) electrons. The van der Waals surface area contributed by atoms with Gasteiger partial charge in [0.1, 0.15) is 0 Å². The Morgan fingerprint density at radius 1 is 1.18 bits per heavy atom. The zero-order valence-corrected chi connectivity index (χ0v) is 7.59. The molecular weight excluding hydrogens is 134 g/mol. The smallest absolute Gasteiger partial charge is 0.00708 e. The Bertz CT molecular complexity index is 125. The summed E-state index contributed by atoms with van der Waals surface area (Å²) in [6.45, 7) is 4.24. The maximum Gasteiger partial charge on any atom is 0.00708 e. The van der Waals surface area contributed by atoms with E-state index in [9.17, 15) is 0 Å². The van der Waals surface area contributed by atoms with Crippen LogP contribution in [0.2, 0.25) is 0 Å². The van der Waals surface area contributed by atoms with Gasteiger partial charge in [0.15, 0.2) is 0 Å². The monoisotopic (exact) mass is 153 g/mol. The van der Waals surface area contributed by atoms with Gasteiger partial charge < -0.3 is 5.73 Å². The lowest BCUT2D eigenvalue weighted by atomic mass is 10.1. The molecule has 0 aliphatic carbocycles. The Labute approximate surface area is 70.0 Å². The average molecular weight is 153 g/mol. The van der Waals surface area contributed by atoms with Gasteiger partial charge in [-0.1, -0.05) is 38.2 Å². The van der Waals surface area contributed by atoms with Crippen molar-refractivity contribution in [2.45, 2.75) is 39.2 Å². The highest BCUT2D eigenvalue weighted by atomic mass is 14.6. The van der Waals surface area contributed by atoms with E-state index in [4.69, 9.17) is 5.73 Å². The number of allylic oxidation sites excluding steroid dienone is 3. The molecule has 1 atom stereocenters. The van der Waals surface area contributed by atoms with Gasteiger partial charge in [0.25, 0.3) is 0 Å². The van der Waals surface area contributed by atoms with Crippen molar-refractivity contribution in [1.82, 2.24) is 0 Å². The molecule has 0 saturated heterocycles. The van der Waals surface area contributed by atoms with E-state index in [1.807, 2.05) is 0 Å². The summed E-state index contributed by atoms with van der Waals surface area (Å²) in [5.41, 5.74) is 5.71. The molecule has 1 heteroatoms. The second kappa shape index (κ2) is 7.55. The predicted molar refractivity (Wildman–Crippen MR) is 51.5 cm³/mol. The van der Waals surface area contributed by atoms with E-state index in [2.05, 4.69) is 38.2 Å². The molecule has 0 saturated carbocycles. The fourth-order valence-corrected chi connectivity index (χ4v) is 0.713. The predicted octanol–water partition coefficient (Wildman–Crippen LogP) is 2.64. The largest absolute Gasteiger partial charge is 0.327 e. The molecule has 0 aliphatic rings. The van der Waals surface area contributed by atoms with E-state index in [1.54, 1.807) is 0 Å². The Morgan fingerprint density at radius 3 is 2.36 bits per heavy atom. The molecule has 0 aromatic rings. The molecule has 64 valence electrons. The van der Waals surface area contributed by atoms with Crippen molar-refractivity contribution in [3.05, 3.63) is 24.3 Å². The molecule has 1 nitrogen and oxygen atoms in total. The quantitative estimate of drug-likeness (QED) is 0.604. The first-order chi connectivity index (χ1) is 5.31. The highest BCUT2D eigenvalue weighted by molar-refractivity contribution is 5.02. The topological polar surface area (TPSA) is 26.0 Å². The fourth-order valence-electron chi connectivity index (χ4n) is 0.713. The lowest BCUT2D eigenvalue weighted by molar-refractivity contribution is 0.659. The van der Waals surface area contributed by atoms with Gasteiger partial charge in [0.05, 0.1) is 0 Å². The van der Waals surface area contributed by atoms with Gasteiger partial charge in [-0.15, -0.1) is 0 Å². The van der Waals surface area contributed by atoms with E-state index in [1.165, 1.54) is 0 Å². The SMILES string of the molecule is CC/C=C/C=C/CC(N)CC. The summed E-state index contributed by atoms with van der Waals surface area (Å²) in [5, 5.41) is 0. The van der Waals surface area contributed by atoms with Gasteiger partial charge >= 0.3 is 0 Å². The lowest BCUT2D eigenvalue weighted by Crippen LogP contribution is -2.16. The number of rotatable bonds is 5. The van der Waals surface area contributed by atoms with Crippen molar-refractivity contribution in [3.63, 3.8) is 0 Å². The van der Waals surface area contributed by atoms with Crippen LogP contribution < -0.4 is 5.73 Å². The molecule has 0 fully saturated rings. The Hall–Kier alpha value is -0.560. The zero-order valence-electron chi connectivity index (χ0n) is 7.59. The molecule has 0 spiro atoms. The number of nitrogens with two attached hydrogens (primary N) is 1. The third-order valence-electron chi connectivity index (χ3n) is 1.58. The second-order valence-electron chi connectivity index (χ2n) is 2.67. The standard InChI is InChI=1S/C10H19N/c1-3-5-6-7-8-9-10(11)4-2/h5-8,10H,3-4,9,11H2,1-2H3/b6-5+,8-7+. The van der Waals surface area contributed by atoms with Gasteiger partial charge in [0.2, 0.25) is 0 Å². The van der Waals surface area contributed by atoms with Crippen LogP contribution >= 0.6 is 0 Å². The summed E-state index contributed by atoms with van der Waals surface area (Å²) in [6, 6.07) is 0.335. The lowest BCUT2D eigenvalue weighted by Gasteiger charge is -2.01. The normalized spacial score (nSPS) is 14.8. The minimum Gasteiger partial charge on any atom is -0.327 e. The van der Waals surface area contributed by atoms with E-state index in [0.29, 0.717) is 6.04 Å². The highest BCUT2D eigenvalue weighted by Crippen LogP contribution is 1.94. The zero-order chi connectivity index (χ0) is 8.53. The Kier molecular flexibility index (Phi) is 7.16. The molecule has 0 rings (SSSR count). The van der Waals surface area contributed by atoms with E-state index in [0.717, 1.165) is 19.3 Å².